The van der Waals surface area contributed by atoms with Gasteiger partial charge < -0.3 is 4.57 Å². The van der Waals surface area contributed by atoms with Gasteiger partial charge >= 0.3 is 6.08 Å². The molecule has 0 atom stereocenters. The normalized spacial score (nSPS) is 10.9. The molecule has 2 aromatic rings. The number of nitrogens with zero attached hydrogens (tertiary/aromatic N) is 4. The Labute approximate surface area is 65.9 Å². The van der Waals surface area contributed by atoms with E-state index in [9.17, 15) is 8.78 Å². The number of hydrogen-bond acceptors (Lipinski definition) is 3. The highest BCUT2D eigenvalue weighted by atomic mass is 19.1. The van der Waals surface area contributed by atoms with Crippen molar-refractivity contribution in [1.29, 1.82) is 0 Å². The lowest BCUT2D eigenvalue weighted by Gasteiger charge is -1.93. The van der Waals surface area contributed by atoms with Gasteiger partial charge in [0.2, 0.25) is 5.95 Å². The van der Waals surface area contributed by atoms with Crippen molar-refractivity contribution in [2.75, 3.05) is 0 Å². The van der Waals surface area contributed by atoms with E-state index in [0.717, 1.165) is 0 Å². The van der Waals surface area contributed by atoms with E-state index in [1.807, 2.05) is 0 Å². The summed E-state index contributed by atoms with van der Waals surface area (Å²) in [5, 5.41) is 0. The molecule has 0 spiro atoms. The minimum Gasteiger partial charge on any atom is -0.329 e. The molecule has 0 N–H and O–H groups in total. The molecule has 0 fully saturated rings. The maximum atomic E-state index is 12.9. The summed E-state index contributed by atoms with van der Waals surface area (Å²) in [4.78, 5) is 9.91. The van der Waals surface area contributed by atoms with Crippen molar-refractivity contribution in [3.8, 4) is 0 Å². The van der Waals surface area contributed by atoms with E-state index < -0.39 is 12.0 Å². The number of imidazole rings is 1. The molecule has 2 aromatic heterocycles. The fourth-order valence-corrected chi connectivity index (χ4v) is 0.984. The quantitative estimate of drug-likeness (QED) is 0.430. The molecular formula is C6H4F2N4. The lowest BCUT2D eigenvalue weighted by atomic mass is 10.5. The van der Waals surface area contributed by atoms with E-state index >= 15 is 0 Å². The van der Waals surface area contributed by atoms with Crippen LogP contribution in [0, 0.1) is 12.0 Å². The summed E-state index contributed by atoms with van der Waals surface area (Å²) in [5.41, 5.74) is 0.138. The van der Waals surface area contributed by atoms with Crippen LogP contribution >= 0.6 is 0 Å². The highest BCUT2D eigenvalue weighted by Crippen LogP contribution is 2.11. The minimum atomic E-state index is -1.10. The third-order valence-corrected chi connectivity index (χ3v) is 1.50. The van der Waals surface area contributed by atoms with Crippen LogP contribution in [-0.2, 0) is 7.05 Å². The SMILES string of the molecule is Cn1cnc2nc(F)nc(F)c21. The van der Waals surface area contributed by atoms with Crippen LogP contribution in [-0.4, -0.2) is 19.5 Å². The molecule has 62 valence electrons. The Hall–Kier alpha value is -1.59. The average Bonchev–Trinajstić information content (AvgIpc) is 2.31. The Kier molecular flexibility index (Phi) is 1.30. The second kappa shape index (κ2) is 2.20. The van der Waals surface area contributed by atoms with Crippen LogP contribution in [0.2, 0.25) is 0 Å². The fraction of sp³-hybridized carbons (Fsp3) is 0.167. The van der Waals surface area contributed by atoms with Gasteiger partial charge in [-0.05, 0) is 0 Å². The largest absolute Gasteiger partial charge is 0.329 e. The van der Waals surface area contributed by atoms with E-state index in [4.69, 9.17) is 0 Å². The minimum absolute atomic E-state index is 0.0301. The second-order valence-corrected chi connectivity index (χ2v) is 2.31. The standard InChI is InChI=1S/C6H4F2N4/c1-12-2-9-5-3(12)4(7)10-6(8)11-5/h2H,1H3. The summed E-state index contributed by atoms with van der Waals surface area (Å²) >= 11 is 0. The van der Waals surface area contributed by atoms with Crippen molar-refractivity contribution < 1.29 is 8.78 Å². The molecule has 0 aliphatic carbocycles. The van der Waals surface area contributed by atoms with Crippen molar-refractivity contribution in [2.24, 2.45) is 7.05 Å². The monoisotopic (exact) mass is 170 g/mol. The van der Waals surface area contributed by atoms with Gasteiger partial charge in [0.15, 0.2) is 5.65 Å². The predicted molar refractivity (Wildman–Crippen MR) is 36.2 cm³/mol. The molecular weight excluding hydrogens is 166 g/mol. The summed E-state index contributed by atoms with van der Waals surface area (Å²) in [6.45, 7) is 0. The van der Waals surface area contributed by atoms with Gasteiger partial charge in [0.1, 0.15) is 5.52 Å². The third kappa shape index (κ3) is 0.843. The highest BCUT2D eigenvalue weighted by Gasteiger charge is 2.10. The van der Waals surface area contributed by atoms with E-state index in [1.165, 1.54) is 10.9 Å². The van der Waals surface area contributed by atoms with E-state index in [-0.39, 0.29) is 11.2 Å². The van der Waals surface area contributed by atoms with Crippen molar-refractivity contribution >= 4 is 11.2 Å². The van der Waals surface area contributed by atoms with Gasteiger partial charge in [0.05, 0.1) is 6.33 Å². The molecule has 0 radical (unpaired) electrons. The molecule has 0 unspecified atom stereocenters. The van der Waals surface area contributed by atoms with Crippen LogP contribution < -0.4 is 0 Å². The molecule has 0 saturated heterocycles. The third-order valence-electron chi connectivity index (χ3n) is 1.50. The van der Waals surface area contributed by atoms with Crippen LogP contribution in [0.4, 0.5) is 8.78 Å². The van der Waals surface area contributed by atoms with Gasteiger partial charge in [-0.3, -0.25) is 0 Å². The van der Waals surface area contributed by atoms with Crippen molar-refractivity contribution in [3.05, 3.63) is 18.4 Å². The molecule has 0 aliphatic rings. The van der Waals surface area contributed by atoms with Crippen LogP contribution in [0.25, 0.3) is 11.2 Å². The zero-order valence-electron chi connectivity index (χ0n) is 6.12. The van der Waals surface area contributed by atoms with E-state index in [0.29, 0.717) is 0 Å². The summed E-state index contributed by atoms with van der Waals surface area (Å²) < 4.78 is 26.7. The van der Waals surface area contributed by atoms with Crippen molar-refractivity contribution in [3.63, 3.8) is 0 Å². The molecule has 0 aromatic carbocycles. The lowest BCUT2D eigenvalue weighted by molar-refractivity contribution is 0.491. The van der Waals surface area contributed by atoms with Crippen molar-refractivity contribution in [1.82, 2.24) is 19.5 Å². The summed E-state index contributed by atoms with van der Waals surface area (Å²) in [7, 11) is 1.58. The Morgan fingerprint density at radius 3 is 2.83 bits per heavy atom. The Morgan fingerprint density at radius 1 is 1.33 bits per heavy atom. The smallest absolute Gasteiger partial charge is 0.313 e. The molecule has 4 nitrogen and oxygen atoms in total. The maximum Gasteiger partial charge on any atom is 0.313 e. The first kappa shape index (κ1) is 7.08. The zero-order chi connectivity index (χ0) is 8.72. The molecule has 0 bridgehead atoms. The first-order chi connectivity index (χ1) is 5.68. The van der Waals surface area contributed by atoms with Gasteiger partial charge in [0.25, 0.3) is 0 Å². The Balaban J connectivity index is 2.93. The second-order valence-electron chi connectivity index (χ2n) is 2.31. The number of fused-ring (bicyclic) bond motifs is 1. The molecule has 0 saturated carbocycles. The van der Waals surface area contributed by atoms with Crippen LogP contribution in [0.15, 0.2) is 6.33 Å². The molecule has 2 rings (SSSR count). The lowest BCUT2D eigenvalue weighted by Crippen LogP contribution is -1.97. The number of rotatable bonds is 0. The highest BCUT2D eigenvalue weighted by molar-refractivity contribution is 5.69. The number of hydrogen-bond donors (Lipinski definition) is 0. The van der Waals surface area contributed by atoms with Gasteiger partial charge in [0, 0.05) is 7.05 Å². The Bertz CT molecular complexity index is 436. The van der Waals surface area contributed by atoms with Crippen LogP contribution in [0.3, 0.4) is 0 Å². The molecule has 0 aliphatic heterocycles. The maximum absolute atomic E-state index is 12.9. The summed E-state index contributed by atoms with van der Waals surface area (Å²) in [5.74, 6) is -0.891. The van der Waals surface area contributed by atoms with Crippen LogP contribution in [0.5, 0.6) is 0 Å². The molecule has 12 heavy (non-hydrogen) atoms. The van der Waals surface area contributed by atoms with Gasteiger partial charge in [-0.15, -0.1) is 0 Å². The van der Waals surface area contributed by atoms with E-state index in [2.05, 4.69) is 15.0 Å². The first-order valence-electron chi connectivity index (χ1n) is 3.18. The van der Waals surface area contributed by atoms with Gasteiger partial charge in [-0.2, -0.15) is 18.7 Å². The van der Waals surface area contributed by atoms with E-state index in [1.54, 1.807) is 7.05 Å². The van der Waals surface area contributed by atoms with Crippen molar-refractivity contribution in [2.45, 2.75) is 0 Å². The average molecular weight is 170 g/mol. The predicted octanol–water partition coefficient (Wildman–Crippen LogP) is 0.641. The molecule has 2 heterocycles. The first-order valence-corrected chi connectivity index (χ1v) is 3.18. The molecule has 0 amide bonds. The fourth-order valence-electron chi connectivity index (χ4n) is 0.984. The number of halogens is 2. The van der Waals surface area contributed by atoms with Gasteiger partial charge in [-0.1, -0.05) is 0 Å². The van der Waals surface area contributed by atoms with Crippen LogP contribution in [0.1, 0.15) is 0 Å². The topological polar surface area (TPSA) is 43.6 Å². The zero-order valence-corrected chi connectivity index (χ0v) is 6.12. The molecule has 6 heteroatoms. The summed E-state index contributed by atoms with van der Waals surface area (Å²) in [6.07, 6.45) is 0.251. The summed E-state index contributed by atoms with van der Waals surface area (Å²) in [6, 6.07) is 0. The number of aromatic nitrogens is 4. The van der Waals surface area contributed by atoms with Gasteiger partial charge in [-0.25, -0.2) is 4.98 Å². The number of aryl methyl sites for hydroxylation is 1. The Morgan fingerprint density at radius 2 is 2.08 bits per heavy atom.